The summed E-state index contributed by atoms with van der Waals surface area (Å²) < 4.78 is 0. The molecule has 1 fully saturated rings. The van der Waals surface area contributed by atoms with E-state index >= 15 is 0 Å². The smallest absolute Gasteiger partial charge is 0.228 e. The third kappa shape index (κ3) is 4.72. The number of nitrogens with one attached hydrogen (secondary N) is 1. The maximum absolute atomic E-state index is 12.5. The fourth-order valence-corrected chi connectivity index (χ4v) is 3.13. The molecule has 0 atom stereocenters. The third-order valence-electron chi connectivity index (χ3n) is 4.53. The van der Waals surface area contributed by atoms with Crippen molar-refractivity contribution in [3.63, 3.8) is 0 Å². The summed E-state index contributed by atoms with van der Waals surface area (Å²) in [6.45, 7) is 12.8. The van der Waals surface area contributed by atoms with Crippen LogP contribution < -0.4 is 10.2 Å². The molecule has 144 valence electrons. The first-order valence-electron chi connectivity index (χ1n) is 9.32. The fourth-order valence-electron chi connectivity index (χ4n) is 3.13. The summed E-state index contributed by atoms with van der Waals surface area (Å²) >= 11 is 0. The Hall–Kier alpha value is -2.70. The Labute approximate surface area is 160 Å². The number of hydrogen-bond acceptors (Lipinski definition) is 6. The highest BCUT2D eigenvalue weighted by Gasteiger charge is 2.30. The molecule has 1 N–H and O–H groups in total. The van der Waals surface area contributed by atoms with Crippen LogP contribution in [0.4, 0.5) is 17.5 Å². The molecule has 0 aromatic carbocycles. The number of aromatic nitrogens is 3. The quantitative estimate of drug-likeness (QED) is 0.898. The van der Waals surface area contributed by atoms with Gasteiger partial charge in [-0.25, -0.2) is 15.0 Å². The molecule has 3 heterocycles. The molecule has 7 heteroatoms. The molecule has 0 aliphatic carbocycles. The van der Waals surface area contributed by atoms with Gasteiger partial charge in [0.15, 0.2) is 0 Å². The zero-order valence-electron chi connectivity index (χ0n) is 16.8. The highest BCUT2D eigenvalue weighted by Crippen LogP contribution is 2.23. The predicted octanol–water partition coefficient (Wildman–Crippen LogP) is 2.93. The number of aryl methyl sites for hydroxylation is 2. The van der Waals surface area contributed by atoms with Crippen LogP contribution >= 0.6 is 0 Å². The Kier molecular flexibility index (Phi) is 5.30. The summed E-state index contributed by atoms with van der Waals surface area (Å²) in [5.41, 5.74) is 0.795. The Bertz CT molecular complexity index is 821. The first-order valence-corrected chi connectivity index (χ1v) is 9.32. The molecule has 0 spiro atoms. The van der Waals surface area contributed by atoms with Crippen molar-refractivity contribution in [1.29, 1.82) is 0 Å². The van der Waals surface area contributed by atoms with Crippen molar-refractivity contribution in [1.82, 2.24) is 19.9 Å². The zero-order chi connectivity index (χ0) is 19.6. The monoisotopic (exact) mass is 368 g/mol. The average molecular weight is 368 g/mol. The minimum Gasteiger partial charge on any atom is -0.353 e. The molecule has 0 radical (unpaired) electrons. The molecule has 2 aromatic rings. The molecule has 7 nitrogen and oxygen atoms in total. The highest BCUT2D eigenvalue weighted by molar-refractivity contribution is 5.81. The lowest BCUT2D eigenvalue weighted by atomic mass is 9.94. The molecule has 0 unspecified atom stereocenters. The van der Waals surface area contributed by atoms with Crippen LogP contribution in [0.5, 0.6) is 0 Å². The van der Waals surface area contributed by atoms with Crippen LogP contribution in [0.25, 0.3) is 0 Å². The number of pyridine rings is 1. The van der Waals surface area contributed by atoms with Crippen LogP contribution in [0.1, 0.15) is 32.2 Å². The lowest BCUT2D eigenvalue weighted by Gasteiger charge is -2.38. The Morgan fingerprint density at radius 2 is 1.74 bits per heavy atom. The number of carbonyl (C=O) groups is 1. The van der Waals surface area contributed by atoms with Crippen molar-refractivity contribution in [2.45, 2.75) is 34.6 Å². The van der Waals surface area contributed by atoms with Gasteiger partial charge >= 0.3 is 0 Å². The first kappa shape index (κ1) is 19.1. The number of rotatable bonds is 3. The molecule has 1 saturated heterocycles. The molecule has 1 amide bonds. The molecule has 0 saturated carbocycles. The topological polar surface area (TPSA) is 74.2 Å². The second-order valence-corrected chi connectivity index (χ2v) is 8.03. The van der Waals surface area contributed by atoms with Crippen molar-refractivity contribution >= 4 is 23.4 Å². The first-order chi connectivity index (χ1) is 12.7. The Morgan fingerprint density at radius 3 is 2.37 bits per heavy atom. The summed E-state index contributed by atoms with van der Waals surface area (Å²) in [7, 11) is 0. The van der Waals surface area contributed by atoms with Crippen LogP contribution in [0, 0.1) is 19.3 Å². The van der Waals surface area contributed by atoms with E-state index < -0.39 is 0 Å². The van der Waals surface area contributed by atoms with Crippen LogP contribution in [-0.2, 0) is 4.79 Å². The lowest BCUT2D eigenvalue weighted by Crippen LogP contribution is -2.51. The molecule has 3 rings (SSSR count). The van der Waals surface area contributed by atoms with Gasteiger partial charge in [-0.05, 0) is 31.5 Å². The van der Waals surface area contributed by atoms with E-state index in [2.05, 4.69) is 25.2 Å². The lowest BCUT2D eigenvalue weighted by molar-refractivity contribution is -0.139. The molecule has 27 heavy (non-hydrogen) atoms. The summed E-state index contributed by atoms with van der Waals surface area (Å²) in [4.78, 5) is 30.0. The van der Waals surface area contributed by atoms with Crippen molar-refractivity contribution in [3.05, 3.63) is 35.8 Å². The number of carbonyl (C=O) groups excluding carboxylic acids is 1. The maximum Gasteiger partial charge on any atom is 0.228 e. The van der Waals surface area contributed by atoms with Gasteiger partial charge in [0, 0.05) is 43.9 Å². The Balaban J connectivity index is 1.71. The number of anilines is 3. The van der Waals surface area contributed by atoms with Gasteiger partial charge in [-0.2, -0.15) is 0 Å². The van der Waals surface area contributed by atoms with E-state index in [1.807, 2.05) is 57.7 Å². The van der Waals surface area contributed by atoms with E-state index in [9.17, 15) is 4.79 Å². The van der Waals surface area contributed by atoms with E-state index in [0.29, 0.717) is 18.9 Å². The zero-order valence-corrected chi connectivity index (χ0v) is 16.8. The van der Waals surface area contributed by atoms with Gasteiger partial charge in [0.05, 0.1) is 0 Å². The normalized spacial score (nSPS) is 15.0. The molecular weight excluding hydrogens is 340 g/mol. The van der Waals surface area contributed by atoms with Crippen molar-refractivity contribution in [2.75, 3.05) is 36.4 Å². The summed E-state index contributed by atoms with van der Waals surface area (Å²) in [5, 5.41) is 3.26. The van der Waals surface area contributed by atoms with Gasteiger partial charge in [-0.3, -0.25) is 4.79 Å². The summed E-state index contributed by atoms with van der Waals surface area (Å²) in [5.74, 6) is 3.27. The predicted molar refractivity (Wildman–Crippen MR) is 107 cm³/mol. The number of hydrogen-bond donors (Lipinski definition) is 1. The van der Waals surface area contributed by atoms with E-state index in [1.165, 1.54) is 0 Å². The summed E-state index contributed by atoms with van der Waals surface area (Å²) in [6, 6.07) is 5.88. The summed E-state index contributed by atoms with van der Waals surface area (Å²) in [6.07, 6.45) is 1.78. The third-order valence-corrected chi connectivity index (χ3v) is 4.53. The number of amides is 1. The van der Waals surface area contributed by atoms with Crippen LogP contribution in [0.15, 0.2) is 24.4 Å². The molecule has 2 aromatic heterocycles. The van der Waals surface area contributed by atoms with Gasteiger partial charge in [-0.15, -0.1) is 0 Å². The number of nitrogens with zero attached hydrogens (tertiary/aromatic N) is 5. The number of piperazine rings is 1. The second-order valence-electron chi connectivity index (χ2n) is 8.03. The van der Waals surface area contributed by atoms with E-state index in [4.69, 9.17) is 0 Å². The Morgan fingerprint density at radius 1 is 1.04 bits per heavy atom. The van der Waals surface area contributed by atoms with Crippen LogP contribution in [-0.4, -0.2) is 51.9 Å². The minimum absolute atomic E-state index is 0.203. The van der Waals surface area contributed by atoms with Crippen LogP contribution in [0.2, 0.25) is 0 Å². The maximum atomic E-state index is 12.5. The van der Waals surface area contributed by atoms with E-state index in [-0.39, 0.29) is 11.3 Å². The highest BCUT2D eigenvalue weighted by atomic mass is 16.2. The largest absolute Gasteiger partial charge is 0.353 e. The minimum atomic E-state index is -0.342. The van der Waals surface area contributed by atoms with Gasteiger partial charge in [-0.1, -0.05) is 20.8 Å². The van der Waals surface area contributed by atoms with Crippen molar-refractivity contribution < 1.29 is 4.79 Å². The van der Waals surface area contributed by atoms with Gasteiger partial charge in [0.2, 0.25) is 5.91 Å². The second kappa shape index (κ2) is 7.50. The van der Waals surface area contributed by atoms with Crippen molar-refractivity contribution in [2.24, 2.45) is 5.41 Å². The standard InChI is InChI=1S/C20H28N6O/c1-14-6-7-21-16(12-14)24-17-13-18(23-15(2)22-17)25-8-10-26(11-9-25)19(27)20(3,4)5/h6-7,12-13H,8-11H2,1-5H3,(H,21,22,23,24). The van der Waals surface area contributed by atoms with E-state index in [0.717, 1.165) is 36.1 Å². The van der Waals surface area contributed by atoms with Gasteiger partial charge in [0.1, 0.15) is 23.3 Å². The molecule has 1 aliphatic rings. The molecule has 0 bridgehead atoms. The van der Waals surface area contributed by atoms with Gasteiger partial charge in [0.25, 0.3) is 0 Å². The fraction of sp³-hybridized carbons (Fsp3) is 0.500. The molecular formula is C20H28N6O. The SMILES string of the molecule is Cc1ccnc(Nc2cc(N3CCN(C(=O)C(C)(C)C)CC3)nc(C)n2)c1. The molecule has 1 aliphatic heterocycles. The average Bonchev–Trinajstić information content (AvgIpc) is 2.60. The van der Waals surface area contributed by atoms with Crippen molar-refractivity contribution in [3.8, 4) is 0 Å². The van der Waals surface area contributed by atoms with Gasteiger partial charge < -0.3 is 15.1 Å². The van der Waals surface area contributed by atoms with Crippen LogP contribution in [0.3, 0.4) is 0 Å². The van der Waals surface area contributed by atoms with E-state index in [1.54, 1.807) is 6.20 Å².